The second kappa shape index (κ2) is 6.67. The summed E-state index contributed by atoms with van der Waals surface area (Å²) in [6, 6.07) is 5.83. The van der Waals surface area contributed by atoms with E-state index >= 15 is 0 Å². The second-order valence-corrected chi connectivity index (χ2v) is 7.25. The van der Waals surface area contributed by atoms with Crippen LogP contribution in [0.1, 0.15) is 66.3 Å². The summed E-state index contributed by atoms with van der Waals surface area (Å²) in [5, 5.41) is 15.1. The van der Waals surface area contributed by atoms with E-state index < -0.39 is 6.10 Å². The van der Waals surface area contributed by atoms with Crippen LogP contribution in [-0.2, 0) is 19.5 Å². The first-order valence-electron chi connectivity index (χ1n) is 9.37. The van der Waals surface area contributed by atoms with Crippen molar-refractivity contribution in [2.45, 2.75) is 58.2 Å². The molecular formula is C19H26N4O2. The van der Waals surface area contributed by atoms with Crippen LogP contribution in [0.5, 0.6) is 0 Å². The number of nitrogens with zero attached hydrogens (tertiary/aromatic N) is 3. The third kappa shape index (κ3) is 3.11. The predicted octanol–water partition coefficient (Wildman–Crippen LogP) is 2.65. The van der Waals surface area contributed by atoms with Gasteiger partial charge in [0.2, 0.25) is 0 Å². The minimum Gasteiger partial charge on any atom is -0.386 e. The molecule has 0 saturated heterocycles. The number of hydrogen-bond acceptors (Lipinski definition) is 3. The van der Waals surface area contributed by atoms with Crippen LogP contribution in [0, 0.1) is 5.92 Å². The van der Waals surface area contributed by atoms with E-state index in [1.807, 2.05) is 27.8 Å². The van der Waals surface area contributed by atoms with Crippen molar-refractivity contribution in [3.05, 3.63) is 41.0 Å². The van der Waals surface area contributed by atoms with Crippen molar-refractivity contribution < 1.29 is 9.90 Å². The highest BCUT2D eigenvalue weighted by molar-refractivity contribution is 5.92. The number of amides is 1. The van der Waals surface area contributed by atoms with Crippen LogP contribution in [0.3, 0.4) is 0 Å². The lowest BCUT2D eigenvalue weighted by Crippen LogP contribution is -2.31. The molecule has 1 atom stereocenters. The number of nitrogens with one attached hydrogen (secondary N) is 1. The van der Waals surface area contributed by atoms with Crippen molar-refractivity contribution in [3.8, 4) is 0 Å². The predicted molar refractivity (Wildman–Crippen MR) is 94.1 cm³/mol. The van der Waals surface area contributed by atoms with Gasteiger partial charge in [0.1, 0.15) is 11.8 Å². The zero-order valence-corrected chi connectivity index (χ0v) is 14.7. The molecule has 4 rings (SSSR count). The molecule has 0 bridgehead atoms. The number of aryl methyl sites for hydroxylation is 2. The molecule has 3 heterocycles. The topological polar surface area (TPSA) is 74.2 Å². The molecular weight excluding hydrogens is 316 g/mol. The summed E-state index contributed by atoms with van der Waals surface area (Å²) in [7, 11) is 0. The summed E-state index contributed by atoms with van der Waals surface area (Å²) in [6.45, 7) is 4.13. The molecule has 134 valence electrons. The molecule has 0 spiro atoms. The third-order valence-electron chi connectivity index (χ3n) is 5.58. The van der Waals surface area contributed by atoms with Crippen LogP contribution in [0.4, 0.5) is 0 Å². The highest BCUT2D eigenvalue weighted by Crippen LogP contribution is 2.37. The van der Waals surface area contributed by atoms with Gasteiger partial charge in [-0.05, 0) is 49.8 Å². The Kier molecular flexibility index (Phi) is 4.37. The fourth-order valence-corrected chi connectivity index (χ4v) is 3.74. The first kappa shape index (κ1) is 16.4. The standard InChI is InChI=1S/C19H26N4O2/c1-2-14-7-8-16(20-14)19(25)22-9-4-10-23-15(12-22)11-17(21-23)18(24)13-5-3-6-13/h7-8,11,13,18,20,24H,2-6,9-10,12H2,1H3/t18-/m1/s1. The summed E-state index contributed by atoms with van der Waals surface area (Å²) in [6.07, 6.45) is 4.67. The lowest BCUT2D eigenvalue weighted by Gasteiger charge is -2.29. The van der Waals surface area contributed by atoms with Gasteiger partial charge in [-0.25, -0.2) is 0 Å². The summed E-state index contributed by atoms with van der Waals surface area (Å²) >= 11 is 0. The zero-order valence-electron chi connectivity index (χ0n) is 14.7. The van der Waals surface area contributed by atoms with Gasteiger partial charge in [-0.3, -0.25) is 9.48 Å². The zero-order chi connectivity index (χ0) is 17.4. The van der Waals surface area contributed by atoms with Gasteiger partial charge in [0.25, 0.3) is 5.91 Å². The largest absolute Gasteiger partial charge is 0.386 e. The molecule has 0 unspecified atom stereocenters. The number of carbonyl (C=O) groups is 1. The lowest BCUT2D eigenvalue weighted by atomic mass is 9.80. The van der Waals surface area contributed by atoms with Crippen molar-refractivity contribution in [1.82, 2.24) is 19.7 Å². The summed E-state index contributed by atoms with van der Waals surface area (Å²) in [5.41, 5.74) is 3.51. The number of aliphatic hydroxyl groups excluding tert-OH is 1. The first-order chi connectivity index (χ1) is 12.2. The highest BCUT2D eigenvalue weighted by Gasteiger charge is 2.30. The van der Waals surface area contributed by atoms with Gasteiger partial charge in [0.05, 0.1) is 17.9 Å². The van der Waals surface area contributed by atoms with Crippen LogP contribution >= 0.6 is 0 Å². The van der Waals surface area contributed by atoms with Gasteiger partial charge < -0.3 is 15.0 Å². The molecule has 0 aromatic carbocycles. The molecule has 6 nitrogen and oxygen atoms in total. The molecule has 2 aliphatic rings. The second-order valence-electron chi connectivity index (χ2n) is 7.25. The maximum atomic E-state index is 12.8. The smallest absolute Gasteiger partial charge is 0.270 e. The Morgan fingerprint density at radius 2 is 2.20 bits per heavy atom. The minimum absolute atomic E-state index is 0.0374. The summed E-state index contributed by atoms with van der Waals surface area (Å²) < 4.78 is 1.97. The number of fused-ring (bicyclic) bond motifs is 1. The van der Waals surface area contributed by atoms with Crippen molar-refractivity contribution in [2.75, 3.05) is 6.54 Å². The van der Waals surface area contributed by atoms with E-state index in [0.29, 0.717) is 18.2 Å². The van der Waals surface area contributed by atoms with Crippen molar-refractivity contribution in [2.24, 2.45) is 5.92 Å². The molecule has 2 aromatic rings. The Balaban J connectivity index is 1.52. The van der Waals surface area contributed by atoms with E-state index in [1.54, 1.807) is 0 Å². The van der Waals surface area contributed by atoms with Gasteiger partial charge in [-0.1, -0.05) is 13.3 Å². The fraction of sp³-hybridized carbons (Fsp3) is 0.579. The summed E-state index contributed by atoms with van der Waals surface area (Å²) in [5.74, 6) is 0.388. The number of H-pyrrole nitrogens is 1. The number of aliphatic hydroxyl groups is 1. The van der Waals surface area contributed by atoms with E-state index in [0.717, 1.165) is 55.9 Å². The molecule has 2 aromatic heterocycles. The van der Waals surface area contributed by atoms with Crippen molar-refractivity contribution >= 4 is 5.91 Å². The monoisotopic (exact) mass is 342 g/mol. The molecule has 0 radical (unpaired) electrons. The highest BCUT2D eigenvalue weighted by atomic mass is 16.3. The normalized spacial score (nSPS) is 19.2. The quantitative estimate of drug-likeness (QED) is 0.897. The van der Waals surface area contributed by atoms with Gasteiger partial charge in [-0.2, -0.15) is 5.10 Å². The number of aromatic amines is 1. The fourth-order valence-electron chi connectivity index (χ4n) is 3.74. The lowest BCUT2D eigenvalue weighted by molar-refractivity contribution is 0.0580. The number of hydrogen-bond donors (Lipinski definition) is 2. The number of rotatable bonds is 4. The number of carbonyl (C=O) groups excluding carboxylic acids is 1. The van der Waals surface area contributed by atoms with Gasteiger partial charge >= 0.3 is 0 Å². The van der Waals surface area contributed by atoms with E-state index in [4.69, 9.17) is 0 Å². The van der Waals surface area contributed by atoms with E-state index in [-0.39, 0.29) is 5.91 Å². The molecule has 1 fully saturated rings. The average Bonchev–Trinajstić information content (AvgIpc) is 3.15. The Bertz CT molecular complexity index is 759. The van der Waals surface area contributed by atoms with Crippen molar-refractivity contribution in [3.63, 3.8) is 0 Å². The van der Waals surface area contributed by atoms with Crippen LogP contribution < -0.4 is 0 Å². The summed E-state index contributed by atoms with van der Waals surface area (Å²) in [4.78, 5) is 17.9. The molecule has 2 N–H and O–H groups in total. The number of aromatic nitrogens is 3. The van der Waals surface area contributed by atoms with E-state index in [2.05, 4.69) is 17.0 Å². The van der Waals surface area contributed by atoms with Crippen LogP contribution in [0.2, 0.25) is 0 Å². The Morgan fingerprint density at radius 3 is 2.88 bits per heavy atom. The third-order valence-corrected chi connectivity index (χ3v) is 5.58. The minimum atomic E-state index is -0.465. The van der Waals surface area contributed by atoms with Crippen molar-refractivity contribution in [1.29, 1.82) is 0 Å². The Morgan fingerprint density at radius 1 is 1.36 bits per heavy atom. The van der Waals surface area contributed by atoms with Crippen LogP contribution in [0.25, 0.3) is 0 Å². The molecule has 25 heavy (non-hydrogen) atoms. The maximum Gasteiger partial charge on any atom is 0.270 e. The first-order valence-corrected chi connectivity index (χ1v) is 9.37. The van der Waals surface area contributed by atoms with Gasteiger partial charge in [-0.15, -0.1) is 0 Å². The molecule has 1 saturated carbocycles. The Labute approximate surface area is 147 Å². The van der Waals surface area contributed by atoms with E-state index in [1.165, 1.54) is 6.42 Å². The molecule has 1 aliphatic carbocycles. The maximum absolute atomic E-state index is 12.8. The SMILES string of the molecule is CCc1ccc(C(=O)N2CCCn3nc([C@H](O)C4CCC4)cc3C2)[nH]1. The average molecular weight is 342 g/mol. The Hall–Kier alpha value is -2.08. The van der Waals surface area contributed by atoms with E-state index in [9.17, 15) is 9.90 Å². The van der Waals surface area contributed by atoms with Crippen LogP contribution in [-0.4, -0.2) is 37.2 Å². The van der Waals surface area contributed by atoms with Crippen LogP contribution in [0.15, 0.2) is 18.2 Å². The van der Waals surface area contributed by atoms with Gasteiger partial charge in [0, 0.05) is 18.8 Å². The molecule has 1 aliphatic heterocycles. The van der Waals surface area contributed by atoms with Gasteiger partial charge in [0.15, 0.2) is 0 Å². The molecule has 1 amide bonds. The molecule has 6 heteroatoms.